The summed E-state index contributed by atoms with van der Waals surface area (Å²) in [6, 6.07) is 0. The third-order valence-electron chi connectivity index (χ3n) is 2.51. The number of aryl methyl sites for hydroxylation is 1. The van der Waals surface area contributed by atoms with Crippen LogP contribution in [0.3, 0.4) is 0 Å². The van der Waals surface area contributed by atoms with Crippen LogP contribution in [0.5, 0.6) is 0 Å². The molecule has 1 aromatic heterocycles. The molecule has 1 aliphatic rings. The summed E-state index contributed by atoms with van der Waals surface area (Å²) >= 11 is 0. The molecular weight excluding hydrogens is 226 g/mol. The van der Waals surface area contributed by atoms with E-state index >= 15 is 0 Å². The van der Waals surface area contributed by atoms with Crippen LogP contribution in [0, 0.1) is 6.92 Å². The fourth-order valence-corrected chi connectivity index (χ4v) is 1.66. The van der Waals surface area contributed by atoms with Gasteiger partial charge in [-0.1, -0.05) is 27.7 Å². The van der Waals surface area contributed by atoms with Crippen molar-refractivity contribution in [2.45, 2.75) is 41.2 Å². The number of hydrogen-bond donors (Lipinski definition) is 0. The average molecular weight is 255 g/mol. The van der Waals surface area contributed by atoms with Crippen LogP contribution in [0.1, 0.15) is 33.3 Å². The lowest BCUT2D eigenvalue weighted by atomic mass is 10.4. The maximum Gasteiger partial charge on any atom is 0.0594 e. The van der Waals surface area contributed by atoms with E-state index < -0.39 is 0 Å². The van der Waals surface area contributed by atoms with Crippen molar-refractivity contribution in [3.05, 3.63) is 18.0 Å². The highest BCUT2D eigenvalue weighted by Gasteiger charge is 2.09. The molecule has 106 valence electrons. The summed E-state index contributed by atoms with van der Waals surface area (Å²) in [5, 5.41) is 4.26. The van der Waals surface area contributed by atoms with Gasteiger partial charge in [-0.05, 0) is 12.5 Å². The Labute approximate surface area is 112 Å². The molecular formula is C14H29N3O. The number of ether oxygens (including phenoxy) is 1. The minimum Gasteiger partial charge on any atom is -0.379 e. The van der Waals surface area contributed by atoms with Crippen molar-refractivity contribution in [3.8, 4) is 0 Å². The number of hydrogen-bond acceptors (Lipinski definition) is 3. The van der Waals surface area contributed by atoms with Gasteiger partial charge in [0.05, 0.1) is 26.0 Å². The van der Waals surface area contributed by atoms with Crippen LogP contribution in [0.4, 0.5) is 0 Å². The topological polar surface area (TPSA) is 30.3 Å². The van der Waals surface area contributed by atoms with E-state index in [4.69, 9.17) is 4.74 Å². The van der Waals surface area contributed by atoms with Crippen molar-refractivity contribution in [1.82, 2.24) is 14.7 Å². The minimum absolute atomic E-state index is 0.873. The van der Waals surface area contributed by atoms with Gasteiger partial charge in [0.25, 0.3) is 0 Å². The summed E-state index contributed by atoms with van der Waals surface area (Å²) in [7, 11) is 0. The number of nitrogens with zero attached hydrogens (tertiary/aromatic N) is 3. The lowest BCUT2D eigenvalue weighted by molar-refractivity contribution is 0.0359. The highest BCUT2D eigenvalue weighted by molar-refractivity contribution is 4.99. The van der Waals surface area contributed by atoms with Crippen LogP contribution in [-0.2, 0) is 11.3 Å². The quantitative estimate of drug-likeness (QED) is 0.831. The van der Waals surface area contributed by atoms with Crippen LogP contribution in [0.2, 0.25) is 0 Å². The Balaban J connectivity index is 0.000000659. The molecule has 4 heteroatoms. The summed E-state index contributed by atoms with van der Waals surface area (Å²) in [5.41, 5.74) is 1.23. The lowest BCUT2D eigenvalue weighted by Gasteiger charge is -2.26. The molecule has 0 spiro atoms. The largest absolute Gasteiger partial charge is 0.379 e. The van der Waals surface area contributed by atoms with Crippen molar-refractivity contribution in [3.63, 3.8) is 0 Å². The minimum atomic E-state index is 0.873. The zero-order valence-corrected chi connectivity index (χ0v) is 12.6. The zero-order valence-electron chi connectivity index (χ0n) is 12.6. The van der Waals surface area contributed by atoms with E-state index in [2.05, 4.69) is 23.1 Å². The first-order valence-electron chi connectivity index (χ1n) is 7.14. The van der Waals surface area contributed by atoms with E-state index in [1.165, 1.54) is 5.56 Å². The molecule has 2 heterocycles. The van der Waals surface area contributed by atoms with Gasteiger partial charge in [-0.15, -0.1) is 0 Å². The van der Waals surface area contributed by atoms with Gasteiger partial charge >= 0.3 is 0 Å². The average Bonchev–Trinajstić information content (AvgIpc) is 2.88. The molecule has 18 heavy (non-hydrogen) atoms. The molecule has 1 saturated heterocycles. The lowest BCUT2D eigenvalue weighted by Crippen LogP contribution is -2.38. The zero-order chi connectivity index (χ0) is 13.8. The van der Waals surface area contributed by atoms with Crippen molar-refractivity contribution < 1.29 is 4.74 Å². The summed E-state index contributed by atoms with van der Waals surface area (Å²) in [6.07, 6.45) is 3.99. The number of rotatable bonds is 3. The highest BCUT2D eigenvalue weighted by atomic mass is 16.5. The maximum atomic E-state index is 5.29. The first-order chi connectivity index (χ1) is 8.84. The molecule has 1 aliphatic heterocycles. The van der Waals surface area contributed by atoms with Gasteiger partial charge in [0.15, 0.2) is 0 Å². The highest BCUT2D eigenvalue weighted by Crippen LogP contribution is 1.98. The van der Waals surface area contributed by atoms with Gasteiger partial charge in [0.2, 0.25) is 0 Å². The Morgan fingerprint density at radius 1 is 1.11 bits per heavy atom. The molecule has 0 saturated carbocycles. The number of aromatic nitrogens is 2. The van der Waals surface area contributed by atoms with Crippen molar-refractivity contribution >= 4 is 0 Å². The Morgan fingerprint density at radius 2 is 1.72 bits per heavy atom. The fraction of sp³-hybridized carbons (Fsp3) is 0.786. The van der Waals surface area contributed by atoms with Crippen LogP contribution in [0.25, 0.3) is 0 Å². The normalized spacial score (nSPS) is 15.2. The second-order valence-electron chi connectivity index (χ2n) is 3.73. The van der Waals surface area contributed by atoms with Gasteiger partial charge in [0.1, 0.15) is 0 Å². The van der Waals surface area contributed by atoms with Gasteiger partial charge in [-0.2, -0.15) is 5.10 Å². The molecule has 0 unspecified atom stereocenters. The van der Waals surface area contributed by atoms with E-state index in [-0.39, 0.29) is 0 Å². The predicted molar refractivity (Wildman–Crippen MR) is 76.9 cm³/mol. The SMILES string of the molecule is CC.CC.Cc1cnn(CCN2CCOCC2)c1. The predicted octanol–water partition coefficient (Wildman–Crippen LogP) is 2.58. The number of morpholine rings is 1. The second kappa shape index (κ2) is 11.2. The Kier molecular flexibility index (Phi) is 10.7. The van der Waals surface area contributed by atoms with Crippen molar-refractivity contribution in [2.24, 2.45) is 0 Å². The maximum absolute atomic E-state index is 5.29. The summed E-state index contributed by atoms with van der Waals surface area (Å²) < 4.78 is 7.30. The third kappa shape index (κ3) is 6.77. The third-order valence-corrected chi connectivity index (χ3v) is 2.51. The van der Waals surface area contributed by atoms with E-state index in [1.54, 1.807) is 0 Å². The van der Waals surface area contributed by atoms with Crippen molar-refractivity contribution in [2.75, 3.05) is 32.8 Å². The van der Waals surface area contributed by atoms with Crippen LogP contribution < -0.4 is 0 Å². The van der Waals surface area contributed by atoms with Gasteiger partial charge in [-0.25, -0.2) is 0 Å². The van der Waals surface area contributed by atoms with E-state index in [9.17, 15) is 0 Å². The van der Waals surface area contributed by atoms with Gasteiger partial charge in [0, 0.05) is 25.8 Å². The molecule has 0 aromatic carbocycles. The molecule has 1 fully saturated rings. The fourth-order valence-electron chi connectivity index (χ4n) is 1.66. The Bertz CT molecular complexity index is 280. The van der Waals surface area contributed by atoms with Gasteiger partial charge < -0.3 is 4.74 Å². The monoisotopic (exact) mass is 255 g/mol. The molecule has 0 bridgehead atoms. The molecule has 1 aromatic rings. The molecule has 2 rings (SSSR count). The van der Waals surface area contributed by atoms with Crippen LogP contribution in [-0.4, -0.2) is 47.5 Å². The van der Waals surface area contributed by atoms with E-state index in [0.717, 1.165) is 39.4 Å². The first kappa shape index (κ1) is 17.1. The molecule has 0 N–H and O–H groups in total. The second-order valence-corrected chi connectivity index (χ2v) is 3.73. The van der Waals surface area contributed by atoms with Gasteiger partial charge in [-0.3, -0.25) is 9.58 Å². The van der Waals surface area contributed by atoms with Crippen molar-refractivity contribution in [1.29, 1.82) is 0 Å². The Morgan fingerprint density at radius 3 is 2.22 bits per heavy atom. The summed E-state index contributed by atoms with van der Waals surface area (Å²) in [6.45, 7) is 16.0. The molecule has 0 aliphatic carbocycles. The summed E-state index contributed by atoms with van der Waals surface area (Å²) in [4.78, 5) is 2.42. The summed E-state index contributed by atoms with van der Waals surface area (Å²) in [5.74, 6) is 0. The molecule has 0 amide bonds. The molecule has 0 atom stereocenters. The first-order valence-corrected chi connectivity index (χ1v) is 7.14. The molecule has 0 radical (unpaired) electrons. The van der Waals surface area contributed by atoms with Crippen LogP contribution in [0.15, 0.2) is 12.4 Å². The van der Waals surface area contributed by atoms with Crippen LogP contribution >= 0.6 is 0 Å². The van der Waals surface area contributed by atoms with E-state index in [0.29, 0.717) is 0 Å². The molecule has 4 nitrogen and oxygen atoms in total. The standard InChI is InChI=1S/C10H17N3O.2C2H6/c1-10-8-11-13(9-10)3-2-12-4-6-14-7-5-12;2*1-2/h8-9H,2-7H2,1H3;2*1-2H3. The van der Waals surface area contributed by atoms with E-state index in [1.807, 2.05) is 38.6 Å². The smallest absolute Gasteiger partial charge is 0.0594 e. The Hall–Kier alpha value is -0.870.